The van der Waals surface area contributed by atoms with Crippen LogP contribution in [0.5, 0.6) is 0 Å². The summed E-state index contributed by atoms with van der Waals surface area (Å²) >= 11 is 1.59. The zero-order chi connectivity index (χ0) is 14.7. The molecule has 0 radical (unpaired) electrons. The zero-order valence-electron chi connectivity index (χ0n) is 12.2. The van der Waals surface area contributed by atoms with Crippen molar-refractivity contribution >= 4 is 11.8 Å². The van der Waals surface area contributed by atoms with Crippen LogP contribution in [-0.4, -0.2) is 24.9 Å². The lowest BCUT2D eigenvalue weighted by Gasteiger charge is -2.08. The second-order valence-electron chi connectivity index (χ2n) is 5.31. The molecule has 0 saturated carbocycles. The minimum atomic E-state index is -0.478. The first-order chi connectivity index (χ1) is 10.3. The third-order valence-electron chi connectivity index (χ3n) is 3.77. The van der Waals surface area contributed by atoms with Crippen LogP contribution in [0.4, 0.5) is 0 Å². The SMILES string of the molecule is CCC(O)c1ccc(Sc2nnc3n2CCCCC3)cn1. The largest absolute Gasteiger partial charge is 0.387 e. The lowest BCUT2D eigenvalue weighted by Crippen LogP contribution is -2.02. The number of aliphatic hydroxyl groups is 1. The maximum Gasteiger partial charge on any atom is 0.196 e. The fraction of sp³-hybridized carbons (Fsp3) is 0.533. The molecule has 2 aromatic heterocycles. The van der Waals surface area contributed by atoms with Crippen molar-refractivity contribution in [3.05, 3.63) is 29.8 Å². The van der Waals surface area contributed by atoms with E-state index in [0.29, 0.717) is 6.42 Å². The van der Waals surface area contributed by atoms with E-state index in [9.17, 15) is 5.11 Å². The van der Waals surface area contributed by atoms with Gasteiger partial charge >= 0.3 is 0 Å². The molecule has 1 N–H and O–H groups in total. The highest BCUT2D eigenvalue weighted by molar-refractivity contribution is 7.99. The van der Waals surface area contributed by atoms with Gasteiger partial charge in [0, 0.05) is 24.1 Å². The van der Waals surface area contributed by atoms with Crippen molar-refractivity contribution in [2.45, 2.75) is 61.7 Å². The number of aliphatic hydroxyl groups excluding tert-OH is 1. The van der Waals surface area contributed by atoms with Crippen LogP contribution < -0.4 is 0 Å². The summed E-state index contributed by atoms with van der Waals surface area (Å²) in [6, 6.07) is 3.88. The number of pyridine rings is 1. The van der Waals surface area contributed by atoms with E-state index in [1.165, 1.54) is 19.3 Å². The summed E-state index contributed by atoms with van der Waals surface area (Å²) in [4.78, 5) is 5.36. The Morgan fingerprint density at radius 2 is 2.19 bits per heavy atom. The zero-order valence-corrected chi connectivity index (χ0v) is 13.0. The summed E-state index contributed by atoms with van der Waals surface area (Å²) in [5, 5.41) is 19.3. The first kappa shape index (κ1) is 14.5. The summed E-state index contributed by atoms with van der Waals surface area (Å²) in [5.74, 6) is 1.10. The van der Waals surface area contributed by atoms with Crippen LogP contribution in [0, 0.1) is 0 Å². The molecule has 0 aromatic carbocycles. The summed E-state index contributed by atoms with van der Waals surface area (Å²) in [7, 11) is 0. The second-order valence-corrected chi connectivity index (χ2v) is 6.35. The van der Waals surface area contributed by atoms with Gasteiger partial charge in [0.25, 0.3) is 0 Å². The van der Waals surface area contributed by atoms with E-state index >= 15 is 0 Å². The van der Waals surface area contributed by atoms with Crippen molar-refractivity contribution in [3.63, 3.8) is 0 Å². The number of aryl methyl sites for hydroxylation is 1. The van der Waals surface area contributed by atoms with E-state index in [2.05, 4.69) is 19.7 Å². The number of aromatic nitrogens is 4. The average molecular weight is 304 g/mol. The quantitative estimate of drug-likeness (QED) is 0.940. The van der Waals surface area contributed by atoms with E-state index in [0.717, 1.165) is 34.5 Å². The molecule has 3 rings (SSSR count). The number of hydrogen-bond acceptors (Lipinski definition) is 5. The molecule has 0 fully saturated rings. The Kier molecular flexibility index (Phi) is 4.55. The molecule has 1 aliphatic rings. The molecule has 0 bridgehead atoms. The average Bonchev–Trinajstić information content (AvgIpc) is 2.75. The number of nitrogens with zero attached hydrogens (tertiary/aromatic N) is 4. The minimum Gasteiger partial charge on any atom is -0.387 e. The van der Waals surface area contributed by atoms with Gasteiger partial charge in [-0.15, -0.1) is 10.2 Å². The molecule has 0 spiro atoms. The Labute approximate surface area is 128 Å². The molecule has 0 aliphatic carbocycles. The van der Waals surface area contributed by atoms with E-state index in [1.807, 2.05) is 19.1 Å². The maximum atomic E-state index is 9.77. The predicted molar refractivity (Wildman–Crippen MR) is 81.2 cm³/mol. The van der Waals surface area contributed by atoms with E-state index in [-0.39, 0.29) is 0 Å². The summed E-state index contributed by atoms with van der Waals surface area (Å²) < 4.78 is 2.23. The first-order valence-electron chi connectivity index (χ1n) is 7.52. The van der Waals surface area contributed by atoms with Gasteiger partial charge in [-0.2, -0.15) is 0 Å². The van der Waals surface area contributed by atoms with Crippen LogP contribution in [0.3, 0.4) is 0 Å². The standard InChI is InChI=1S/C15H20N4OS/c1-2-13(20)12-8-7-11(10-16-12)21-15-18-17-14-6-4-3-5-9-19(14)15/h7-8,10,13,20H,2-6,9H2,1H3. The van der Waals surface area contributed by atoms with Gasteiger partial charge in [0.15, 0.2) is 5.16 Å². The van der Waals surface area contributed by atoms with Gasteiger partial charge in [0.2, 0.25) is 0 Å². The topological polar surface area (TPSA) is 63.8 Å². The van der Waals surface area contributed by atoms with Gasteiger partial charge in [0.05, 0.1) is 11.8 Å². The third-order valence-corrected chi connectivity index (χ3v) is 4.73. The van der Waals surface area contributed by atoms with Gasteiger partial charge in [-0.05, 0) is 43.2 Å². The van der Waals surface area contributed by atoms with E-state index < -0.39 is 6.10 Å². The van der Waals surface area contributed by atoms with Crippen molar-refractivity contribution in [2.24, 2.45) is 0 Å². The highest BCUT2D eigenvalue weighted by atomic mass is 32.2. The fourth-order valence-corrected chi connectivity index (χ4v) is 3.34. The van der Waals surface area contributed by atoms with Gasteiger partial charge in [-0.1, -0.05) is 13.3 Å². The number of fused-ring (bicyclic) bond motifs is 1. The molecule has 6 heteroatoms. The smallest absolute Gasteiger partial charge is 0.196 e. The molecule has 112 valence electrons. The Balaban J connectivity index is 1.76. The van der Waals surface area contributed by atoms with Crippen LogP contribution in [0.15, 0.2) is 28.4 Å². The van der Waals surface area contributed by atoms with Crippen LogP contribution in [-0.2, 0) is 13.0 Å². The number of hydrogen-bond donors (Lipinski definition) is 1. The Bertz CT molecular complexity index is 596. The van der Waals surface area contributed by atoms with Crippen LogP contribution in [0.2, 0.25) is 0 Å². The molecule has 0 saturated heterocycles. The van der Waals surface area contributed by atoms with Crippen molar-refractivity contribution in [1.29, 1.82) is 0 Å². The van der Waals surface area contributed by atoms with Gasteiger partial charge in [-0.25, -0.2) is 0 Å². The number of rotatable bonds is 4. The molecule has 0 amide bonds. The second kappa shape index (κ2) is 6.58. The molecule has 21 heavy (non-hydrogen) atoms. The van der Waals surface area contributed by atoms with Crippen molar-refractivity contribution in [2.75, 3.05) is 0 Å². The molecular formula is C15H20N4OS. The van der Waals surface area contributed by atoms with Crippen LogP contribution in [0.25, 0.3) is 0 Å². The highest BCUT2D eigenvalue weighted by Crippen LogP contribution is 2.28. The van der Waals surface area contributed by atoms with Crippen LogP contribution >= 0.6 is 11.8 Å². The Morgan fingerprint density at radius 3 is 2.95 bits per heavy atom. The fourth-order valence-electron chi connectivity index (χ4n) is 2.50. The van der Waals surface area contributed by atoms with Gasteiger partial charge in [-0.3, -0.25) is 4.98 Å². The Hall–Kier alpha value is -1.40. The van der Waals surface area contributed by atoms with Crippen molar-refractivity contribution in [1.82, 2.24) is 19.7 Å². The normalized spacial score (nSPS) is 16.3. The maximum absolute atomic E-state index is 9.77. The van der Waals surface area contributed by atoms with Gasteiger partial charge in [0.1, 0.15) is 5.82 Å². The molecule has 1 aliphatic heterocycles. The predicted octanol–water partition coefficient (Wildman–Crippen LogP) is 2.99. The molecule has 2 aromatic rings. The summed E-state index contributed by atoms with van der Waals surface area (Å²) in [5.41, 5.74) is 0.724. The lowest BCUT2D eigenvalue weighted by atomic mass is 10.2. The monoisotopic (exact) mass is 304 g/mol. The van der Waals surface area contributed by atoms with E-state index in [4.69, 9.17) is 0 Å². The Morgan fingerprint density at radius 1 is 1.29 bits per heavy atom. The van der Waals surface area contributed by atoms with Crippen LogP contribution in [0.1, 0.15) is 50.2 Å². The third kappa shape index (κ3) is 3.27. The first-order valence-corrected chi connectivity index (χ1v) is 8.33. The highest BCUT2D eigenvalue weighted by Gasteiger charge is 2.16. The molecular weight excluding hydrogens is 284 g/mol. The molecule has 1 unspecified atom stereocenters. The molecule has 5 nitrogen and oxygen atoms in total. The van der Waals surface area contributed by atoms with Crippen molar-refractivity contribution in [3.8, 4) is 0 Å². The summed E-state index contributed by atoms with van der Waals surface area (Å²) in [6.45, 7) is 2.95. The van der Waals surface area contributed by atoms with Gasteiger partial charge < -0.3 is 9.67 Å². The minimum absolute atomic E-state index is 0.478. The molecule has 1 atom stereocenters. The van der Waals surface area contributed by atoms with E-state index in [1.54, 1.807) is 18.0 Å². The lowest BCUT2D eigenvalue weighted by molar-refractivity contribution is 0.169. The van der Waals surface area contributed by atoms with Crippen molar-refractivity contribution < 1.29 is 5.11 Å². The summed E-state index contributed by atoms with van der Waals surface area (Å²) in [6.07, 6.45) is 6.68. The molecule has 3 heterocycles.